The van der Waals surface area contributed by atoms with Gasteiger partial charge >= 0.3 is 0 Å². The van der Waals surface area contributed by atoms with Gasteiger partial charge < -0.3 is 40.1 Å². The predicted molar refractivity (Wildman–Crippen MR) is 188 cm³/mol. The Balaban J connectivity index is 1.08. The molecule has 0 saturated heterocycles. The quantitative estimate of drug-likeness (QED) is 0.139. The summed E-state index contributed by atoms with van der Waals surface area (Å²) in [6.45, 7) is 1.72. The molecule has 14 heteroatoms. The van der Waals surface area contributed by atoms with Gasteiger partial charge in [-0.15, -0.1) is 11.6 Å². The first-order valence-corrected chi connectivity index (χ1v) is 15.9. The van der Waals surface area contributed by atoms with Crippen molar-refractivity contribution in [3.8, 4) is 5.75 Å². The minimum absolute atomic E-state index is 0.0794. The lowest BCUT2D eigenvalue weighted by Gasteiger charge is -2.17. The number of aromatic nitrogens is 4. The van der Waals surface area contributed by atoms with Gasteiger partial charge in [-0.1, -0.05) is 24.3 Å². The number of halogens is 1. The molecule has 0 bridgehead atoms. The van der Waals surface area contributed by atoms with Gasteiger partial charge in [-0.3, -0.25) is 19.2 Å². The fraction of sp³-hybridized carbons (Fsp3) is 0.171. The maximum atomic E-state index is 13.9. The van der Waals surface area contributed by atoms with Gasteiger partial charge in [-0.25, -0.2) is 4.98 Å². The second-order valence-electron chi connectivity index (χ2n) is 12.0. The second kappa shape index (κ2) is 12.2. The number of fused-ring (bicyclic) bond motifs is 4. The number of carbonyl (C=O) groups excluding carboxylic acids is 4. The van der Waals surface area contributed by atoms with E-state index in [0.29, 0.717) is 51.5 Å². The SMILES string of the molecule is CC(=O)Nc1cn(C)c(C(=O)Nc2cc(C(=O)Nc3ccc4[nH]c(C(=O)N5CC(CCl)c6c5cc(O)c5ccccc65)cc4c3)n(C)c2)n1. The summed E-state index contributed by atoms with van der Waals surface area (Å²) < 4.78 is 3.07. The molecule has 0 aliphatic carbocycles. The number of rotatable bonds is 7. The molecule has 4 heterocycles. The molecule has 1 aliphatic heterocycles. The van der Waals surface area contributed by atoms with Gasteiger partial charge in [-0.2, -0.15) is 0 Å². The fourth-order valence-electron chi connectivity index (χ4n) is 6.37. The van der Waals surface area contributed by atoms with Gasteiger partial charge in [0.2, 0.25) is 11.7 Å². The number of phenols is 1. The van der Waals surface area contributed by atoms with Crippen LogP contribution in [0.2, 0.25) is 0 Å². The van der Waals surface area contributed by atoms with Crippen molar-refractivity contribution in [3.05, 3.63) is 95.8 Å². The van der Waals surface area contributed by atoms with Crippen LogP contribution in [0.4, 0.5) is 22.9 Å². The Bertz CT molecular complexity index is 2340. The lowest BCUT2D eigenvalue weighted by molar-refractivity contribution is -0.114. The third-order valence-electron chi connectivity index (χ3n) is 8.56. The molecule has 0 spiro atoms. The number of alkyl halides is 1. The summed E-state index contributed by atoms with van der Waals surface area (Å²) in [5.41, 5.74) is 3.80. The summed E-state index contributed by atoms with van der Waals surface area (Å²) in [6, 6.07) is 17.7. The first-order chi connectivity index (χ1) is 23.5. The van der Waals surface area contributed by atoms with Gasteiger partial charge in [0.25, 0.3) is 17.7 Å². The van der Waals surface area contributed by atoms with Crippen molar-refractivity contribution in [2.24, 2.45) is 14.1 Å². The number of H-pyrrole nitrogens is 1. The molecule has 49 heavy (non-hydrogen) atoms. The molecule has 3 aromatic carbocycles. The van der Waals surface area contributed by atoms with E-state index in [2.05, 4.69) is 25.9 Å². The minimum atomic E-state index is -0.513. The molecule has 1 unspecified atom stereocenters. The van der Waals surface area contributed by atoms with Crippen molar-refractivity contribution in [2.45, 2.75) is 12.8 Å². The van der Waals surface area contributed by atoms with Crippen LogP contribution in [0, 0.1) is 0 Å². The molecular weight excluding hydrogens is 648 g/mol. The Morgan fingerprint density at radius 2 is 1.67 bits per heavy atom. The zero-order chi connectivity index (χ0) is 34.6. The Kier molecular flexibility index (Phi) is 7.83. The van der Waals surface area contributed by atoms with Gasteiger partial charge in [0.05, 0.1) is 11.4 Å². The molecule has 6 aromatic rings. The minimum Gasteiger partial charge on any atom is -0.507 e. The van der Waals surface area contributed by atoms with E-state index in [1.165, 1.54) is 17.7 Å². The Morgan fingerprint density at radius 3 is 2.43 bits per heavy atom. The standard InChI is InChI=1S/C35H31ClN8O5/c1-18(45)37-30-17-43(3)32(41-30)34(48)39-22-12-28(42(2)16-22)33(47)38-21-8-9-25-19(10-21)11-26(40-25)35(49)44-15-20(14-36)31-24-7-5-4-6-23(24)29(46)13-27(31)44/h4-13,16-17,20,40,46H,14-15H2,1-3H3,(H,37,45)(H,38,47)(H,39,48). The van der Waals surface area contributed by atoms with E-state index in [-0.39, 0.29) is 40.8 Å². The summed E-state index contributed by atoms with van der Waals surface area (Å²) >= 11 is 6.36. The van der Waals surface area contributed by atoms with Crippen LogP contribution in [-0.4, -0.2) is 60.3 Å². The molecule has 0 radical (unpaired) electrons. The number of anilines is 4. The van der Waals surface area contributed by atoms with Crippen LogP contribution in [0.5, 0.6) is 5.75 Å². The van der Waals surface area contributed by atoms with E-state index in [4.69, 9.17) is 11.6 Å². The highest BCUT2D eigenvalue weighted by Crippen LogP contribution is 2.45. The normalized spacial score (nSPS) is 13.9. The van der Waals surface area contributed by atoms with Gasteiger partial charge in [0, 0.05) is 79.8 Å². The molecule has 1 aliphatic rings. The number of benzene rings is 3. The van der Waals surface area contributed by atoms with E-state index in [1.54, 1.807) is 66.2 Å². The number of aromatic amines is 1. The van der Waals surface area contributed by atoms with E-state index < -0.39 is 11.8 Å². The molecule has 4 amide bonds. The number of nitrogens with one attached hydrogen (secondary N) is 4. The number of nitrogens with zero attached hydrogens (tertiary/aromatic N) is 4. The van der Waals surface area contributed by atoms with Crippen LogP contribution >= 0.6 is 11.6 Å². The highest BCUT2D eigenvalue weighted by atomic mass is 35.5. The average Bonchev–Trinajstić information content (AvgIpc) is 3.84. The second-order valence-corrected chi connectivity index (χ2v) is 12.3. The van der Waals surface area contributed by atoms with Gasteiger partial charge in [-0.05, 0) is 41.3 Å². The molecule has 0 saturated carbocycles. The lowest BCUT2D eigenvalue weighted by Crippen LogP contribution is -2.30. The Morgan fingerprint density at radius 1 is 0.918 bits per heavy atom. The number of carbonyl (C=O) groups is 4. The van der Waals surface area contributed by atoms with E-state index in [0.717, 1.165) is 10.9 Å². The highest BCUT2D eigenvalue weighted by Gasteiger charge is 2.35. The molecule has 7 rings (SSSR count). The summed E-state index contributed by atoms with van der Waals surface area (Å²) in [4.78, 5) is 60.3. The van der Waals surface area contributed by atoms with Crippen molar-refractivity contribution in [1.29, 1.82) is 0 Å². The number of hydrogen-bond acceptors (Lipinski definition) is 6. The first kappa shape index (κ1) is 31.5. The Hall–Kier alpha value is -6.08. The van der Waals surface area contributed by atoms with Crippen molar-refractivity contribution >= 4 is 79.8 Å². The number of imidazole rings is 1. The van der Waals surface area contributed by atoms with E-state index in [9.17, 15) is 24.3 Å². The lowest BCUT2D eigenvalue weighted by atomic mass is 9.95. The number of aryl methyl sites for hydroxylation is 2. The molecular formula is C35H31ClN8O5. The monoisotopic (exact) mass is 678 g/mol. The average molecular weight is 679 g/mol. The molecule has 0 fully saturated rings. The third-order valence-corrected chi connectivity index (χ3v) is 8.94. The maximum Gasteiger partial charge on any atom is 0.291 e. The van der Waals surface area contributed by atoms with Crippen LogP contribution in [0.1, 0.15) is 50.0 Å². The number of hydrogen-bond donors (Lipinski definition) is 5. The summed E-state index contributed by atoms with van der Waals surface area (Å²) in [6.07, 6.45) is 3.13. The van der Waals surface area contributed by atoms with Gasteiger partial charge in [0.15, 0.2) is 5.82 Å². The fourth-order valence-corrected chi connectivity index (χ4v) is 6.63. The zero-order valence-corrected chi connectivity index (χ0v) is 27.4. The van der Waals surface area contributed by atoms with Crippen molar-refractivity contribution in [3.63, 3.8) is 0 Å². The molecule has 1 atom stereocenters. The zero-order valence-electron chi connectivity index (χ0n) is 26.7. The Labute approximate surface area is 284 Å². The van der Waals surface area contributed by atoms with Crippen LogP contribution in [0.3, 0.4) is 0 Å². The van der Waals surface area contributed by atoms with Crippen LogP contribution in [-0.2, 0) is 18.9 Å². The smallest absolute Gasteiger partial charge is 0.291 e. The van der Waals surface area contributed by atoms with Crippen LogP contribution < -0.4 is 20.9 Å². The predicted octanol–water partition coefficient (Wildman–Crippen LogP) is 5.54. The largest absolute Gasteiger partial charge is 0.507 e. The van der Waals surface area contributed by atoms with Gasteiger partial charge in [0.1, 0.15) is 17.1 Å². The highest BCUT2D eigenvalue weighted by molar-refractivity contribution is 6.19. The molecule has 3 aromatic heterocycles. The van der Waals surface area contributed by atoms with Crippen molar-refractivity contribution < 1.29 is 24.3 Å². The summed E-state index contributed by atoms with van der Waals surface area (Å²) in [5, 5.41) is 21.2. The van der Waals surface area contributed by atoms with E-state index >= 15 is 0 Å². The summed E-state index contributed by atoms with van der Waals surface area (Å²) in [5.74, 6) is -0.846. The first-order valence-electron chi connectivity index (χ1n) is 15.4. The van der Waals surface area contributed by atoms with E-state index in [1.807, 2.05) is 24.3 Å². The summed E-state index contributed by atoms with van der Waals surface area (Å²) in [7, 11) is 3.31. The molecule has 5 N–H and O–H groups in total. The third kappa shape index (κ3) is 5.74. The topological polar surface area (TPSA) is 166 Å². The van der Waals surface area contributed by atoms with Crippen LogP contribution in [0.25, 0.3) is 21.7 Å². The van der Waals surface area contributed by atoms with Crippen molar-refractivity contribution in [1.82, 2.24) is 19.1 Å². The van der Waals surface area contributed by atoms with Crippen molar-refractivity contribution in [2.75, 3.05) is 33.3 Å². The molecule has 13 nitrogen and oxygen atoms in total. The number of amides is 4. The number of phenolic OH excluding ortho intramolecular Hbond substituents is 1. The molecule has 248 valence electrons. The number of aromatic hydroxyl groups is 1. The maximum absolute atomic E-state index is 13.9. The van der Waals surface area contributed by atoms with Crippen LogP contribution in [0.15, 0.2) is 73.1 Å².